The number of rotatable bonds is 23. The normalized spacial score (nSPS) is 15.5. The number of nitrogens with one attached hydrogen (secondary N) is 1. The van der Waals surface area contributed by atoms with Crippen molar-refractivity contribution in [3.05, 3.63) is 36.1 Å². The molecule has 2 unspecified atom stereocenters. The summed E-state index contributed by atoms with van der Waals surface area (Å²) in [5.74, 6) is 1.18. The van der Waals surface area contributed by atoms with E-state index in [-0.39, 0.29) is 0 Å². The fourth-order valence-corrected chi connectivity index (χ4v) is 4.44. The molecule has 0 bridgehead atoms. The average Bonchev–Trinajstić information content (AvgIpc) is 2.92. The minimum Gasteiger partial charge on any atom is -0.480 e. The number of ether oxygens (including phenoxy) is 2. The van der Waals surface area contributed by atoms with E-state index >= 15 is 0 Å². The minimum absolute atomic E-state index is 0.311. The van der Waals surface area contributed by atoms with Crippen LogP contribution in [0.2, 0.25) is 0 Å². The van der Waals surface area contributed by atoms with Crippen molar-refractivity contribution in [3.63, 3.8) is 0 Å². The van der Waals surface area contributed by atoms with E-state index in [9.17, 15) is 0 Å². The smallest absolute Gasteiger partial charge is 0.180 e. The Labute approximate surface area is 241 Å². The third kappa shape index (κ3) is 16.8. The van der Waals surface area contributed by atoms with E-state index in [0.29, 0.717) is 37.1 Å². The van der Waals surface area contributed by atoms with Crippen LogP contribution in [0.3, 0.4) is 0 Å². The van der Waals surface area contributed by atoms with Crippen molar-refractivity contribution < 1.29 is 9.47 Å². The van der Waals surface area contributed by atoms with E-state index < -0.39 is 0 Å². The van der Waals surface area contributed by atoms with Gasteiger partial charge in [-0.25, -0.2) is 0 Å². The topological polar surface area (TPSA) is 61.7 Å². The highest BCUT2D eigenvalue weighted by atomic mass is 16.5. The summed E-state index contributed by atoms with van der Waals surface area (Å²) in [5.41, 5.74) is 3.45. The summed E-state index contributed by atoms with van der Waals surface area (Å²) in [6.07, 6.45) is 8.66. The third-order valence-electron chi connectivity index (χ3n) is 7.31. The second-order valence-corrected chi connectivity index (χ2v) is 10.7. The molecule has 3 atom stereocenters. The molecule has 0 aliphatic heterocycles. The Morgan fingerprint density at radius 2 is 1.77 bits per heavy atom. The Balaban J connectivity index is 4.93. The molecule has 226 valence electrons. The molecule has 0 rings (SSSR count). The van der Waals surface area contributed by atoms with Gasteiger partial charge in [0.2, 0.25) is 0 Å². The summed E-state index contributed by atoms with van der Waals surface area (Å²) in [6, 6.07) is 0.757. The van der Waals surface area contributed by atoms with E-state index in [2.05, 4.69) is 77.0 Å². The largest absolute Gasteiger partial charge is 0.480 e. The van der Waals surface area contributed by atoms with Crippen LogP contribution < -0.4 is 5.32 Å². The molecule has 0 aliphatic carbocycles. The summed E-state index contributed by atoms with van der Waals surface area (Å²) in [6.45, 7) is 26.8. The lowest BCUT2D eigenvalue weighted by atomic mass is 10.0. The molecule has 0 aromatic carbocycles. The molecule has 0 heterocycles. The Bertz CT molecular complexity index is 762. The summed E-state index contributed by atoms with van der Waals surface area (Å²) in [5, 5.41) is 3.60. The number of aliphatic imine (C=N–C) groups is 2. The third-order valence-corrected chi connectivity index (χ3v) is 7.31. The van der Waals surface area contributed by atoms with Crippen LogP contribution in [0.5, 0.6) is 0 Å². The first-order chi connectivity index (χ1) is 18.6. The number of methoxy groups -OCH3 is 1. The zero-order valence-corrected chi connectivity index (χ0v) is 26.9. The maximum absolute atomic E-state index is 6.06. The van der Waals surface area contributed by atoms with Crippen LogP contribution in [0.25, 0.3) is 0 Å². The molecule has 39 heavy (non-hydrogen) atoms. The molecule has 0 aliphatic rings. The second kappa shape index (κ2) is 23.0. The Kier molecular flexibility index (Phi) is 21.9. The Hall–Kier alpha value is -1.80. The summed E-state index contributed by atoms with van der Waals surface area (Å²) in [4.78, 5) is 14.2. The first-order valence-electron chi connectivity index (χ1n) is 14.9. The fourth-order valence-electron chi connectivity index (χ4n) is 4.44. The molecule has 0 spiro atoms. The molecule has 7 heteroatoms. The molecule has 0 radical (unpaired) electrons. The number of nitrogens with zero attached hydrogens (tertiary/aromatic N) is 4. The SMILES string of the molecule is C=CCC(/N=C\CCNCC([C@@H](C)COC)N(C)CC)=C(\C)C/N=C(\C)OCC(CC(=C)CCC)N(C)CC. The van der Waals surface area contributed by atoms with Gasteiger partial charge < -0.3 is 19.7 Å². The zero-order chi connectivity index (χ0) is 29.6. The molecule has 0 aromatic heterocycles. The number of allylic oxidation sites excluding steroid dienone is 1. The average molecular weight is 548 g/mol. The predicted octanol–water partition coefficient (Wildman–Crippen LogP) is 5.99. The van der Waals surface area contributed by atoms with Gasteiger partial charge in [-0.05, 0) is 64.9 Å². The minimum atomic E-state index is 0.311. The van der Waals surface area contributed by atoms with Crippen LogP contribution in [-0.2, 0) is 9.47 Å². The van der Waals surface area contributed by atoms with Crippen molar-refractivity contribution in [3.8, 4) is 0 Å². The lowest BCUT2D eigenvalue weighted by Crippen LogP contribution is -2.45. The molecular formula is C32H61N5O2. The highest BCUT2D eigenvalue weighted by Crippen LogP contribution is 2.15. The van der Waals surface area contributed by atoms with E-state index in [1.54, 1.807) is 7.11 Å². The van der Waals surface area contributed by atoms with Crippen LogP contribution in [0, 0.1) is 5.92 Å². The highest BCUT2D eigenvalue weighted by molar-refractivity contribution is 5.73. The van der Waals surface area contributed by atoms with Gasteiger partial charge in [0.25, 0.3) is 0 Å². The van der Waals surface area contributed by atoms with E-state index in [1.165, 1.54) is 5.57 Å². The van der Waals surface area contributed by atoms with Crippen LogP contribution in [0.1, 0.15) is 73.6 Å². The van der Waals surface area contributed by atoms with Gasteiger partial charge in [0, 0.05) is 57.5 Å². The standard InChI is InChI=1S/C32H61N5O2/c1-12-17-26(5)21-30(36(9)14-3)25-39-29(8)35-22-27(6)31(18-13-2)34-20-16-19-33-23-32(37(10)15-4)28(7)24-38-11/h13,20,28,30,32-33H,2,5,12,14-19,21-25H2,1,3-4,6-11H3/b31-27-,34-20-,35-29+/t28-,30?,32?/m0/s1. The molecule has 1 N–H and O–H groups in total. The van der Waals surface area contributed by atoms with Crippen LogP contribution >= 0.6 is 0 Å². The molecule has 7 nitrogen and oxygen atoms in total. The predicted molar refractivity (Wildman–Crippen MR) is 171 cm³/mol. The molecule has 0 saturated heterocycles. The van der Waals surface area contributed by atoms with Gasteiger partial charge in [0.05, 0.1) is 13.2 Å². The van der Waals surface area contributed by atoms with Crippen molar-refractivity contribution in [2.24, 2.45) is 15.9 Å². The number of hydrogen-bond donors (Lipinski definition) is 1. The van der Waals surface area contributed by atoms with Crippen molar-refractivity contribution >= 4 is 12.1 Å². The Morgan fingerprint density at radius 3 is 2.36 bits per heavy atom. The maximum Gasteiger partial charge on any atom is 0.180 e. The monoisotopic (exact) mass is 547 g/mol. The molecular weight excluding hydrogens is 486 g/mol. The first kappa shape index (κ1) is 37.2. The van der Waals surface area contributed by atoms with Gasteiger partial charge in [-0.3, -0.25) is 14.9 Å². The molecule has 0 aromatic rings. The molecule has 0 saturated carbocycles. The van der Waals surface area contributed by atoms with Crippen LogP contribution in [-0.4, -0.2) is 101 Å². The number of likely N-dealkylation sites (N-methyl/N-ethyl adjacent to an activating group) is 2. The second-order valence-electron chi connectivity index (χ2n) is 10.7. The van der Waals surface area contributed by atoms with Crippen molar-refractivity contribution in [2.45, 2.75) is 85.7 Å². The quantitative estimate of drug-likeness (QED) is 0.0737. The van der Waals surface area contributed by atoms with Crippen molar-refractivity contribution in [1.82, 2.24) is 15.1 Å². The maximum atomic E-state index is 6.06. The lowest BCUT2D eigenvalue weighted by Gasteiger charge is -2.32. The van der Waals surface area contributed by atoms with E-state index in [1.807, 2.05) is 19.2 Å². The van der Waals surface area contributed by atoms with Gasteiger partial charge in [-0.2, -0.15) is 0 Å². The van der Waals surface area contributed by atoms with Gasteiger partial charge in [0.15, 0.2) is 5.90 Å². The molecule has 0 fully saturated rings. The zero-order valence-electron chi connectivity index (χ0n) is 26.9. The van der Waals surface area contributed by atoms with Crippen molar-refractivity contribution in [2.75, 3.05) is 67.1 Å². The highest BCUT2D eigenvalue weighted by Gasteiger charge is 2.20. The van der Waals surface area contributed by atoms with Crippen molar-refractivity contribution in [1.29, 1.82) is 0 Å². The summed E-state index contributed by atoms with van der Waals surface area (Å²) >= 11 is 0. The lowest BCUT2D eigenvalue weighted by molar-refractivity contribution is 0.0971. The first-order valence-corrected chi connectivity index (χ1v) is 14.9. The molecule has 0 amide bonds. The van der Waals surface area contributed by atoms with Gasteiger partial charge >= 0.3 is 0 Å². The van der Waals surface area contributed by atoms with E-state index in [0.717, 1.165) is 76.2 Å². The van der Waals surface area contributed by atoms with Gasteiger partial charge in [-0.15, -0.1) is 6.58 Å². The number of hydrogen-bond acceptors (Lipinski definition) is 7. The fraction of sp³-hybridized carbons (Fsp3) is 0.750. The van der Waals surface area contributed by atoms with Gasteiger partial charge in [0.1, 0.15) is 6.61 Å². The van der Waals surface area contributed by atoms with Crippen LogP contribution in [0.15, 0.2) is 46.1 Å². The van der Waals surface area contributed by atoms with E-state index in [4.69, 9.17) is 19.5 Å². The van der Waals surface area contributed by atoms with Gasteiger partial charge in [-0.1, -0.05) is 52.3 Å². The Morgan fingerprint density at radius 1 is 1.08 bits per heavy atom. The summed E-state index contributed by atoms with van der Waals surface area (Å²) in [7, 11) is 6.09. The summed E-state index contributed by atoms with van der Waals surface area (Å²) < 4.78 is 11.4. The van der Waals surface area contributed by atoms with Crippen LogP contribution in [0.4, 0.5) is 0 Å².